The Morgan fingerprint density at radius 2 is 1.76 bits per heavy atom. The predicted octanol–water partition coefficient (Wildman–Crippen LogP) is 4.76. The Hall–Kier alpha value is -1.02. The number of unbranched alkanes of at least 4 members (excludes halogenated alkanes) is 1. The Morgan fingerprint density at radius 1 is 1.18 bits per heavy atom. The molecule has 0 atom stereocenters. The Kier molecular flexibility index (Phi) is 5.00. The maximum Gasteiger partial charge on any atom is 0.118 e. The van der Waals surface area contributed by atoms with Crippen molar-refractivity contribution in [3.8, 4) is 5.75 Å². The van der Waals surface area contributed by atoms with E-state index in [1.54, 1.807) is 12.3 Å². The second-order valence-corrected chi connectivity index (χ2v) is 10.4. The molecule has 0 saturated heterocycles. The first-order valence-electron chi connectivity index (χ1n) is 6.34. The van der Waals surface area contributed by atoms with Gasteiger partial charge in [-0.05, 0) is 24.1 Å². The minimum atomic E-state index is -1.27. The molecule has 94 valence electrons. The molecule has 0 fully saturated rings. The van der Waals surface area contributed by atoms with Crippen molar-refractivity contribution >= 4 is 13.3 Å². The predicted molar refractivity (Wildman–Crippen MR) is 79.2 cm³/mol. The van der Waals surface area contributed by atoms with Gasteiger partial charge in [0, 0.05) is 0 Å². The molecule has 0 heterocycles. The topological polar surface area (TPSA) is 9.23 Å². The van der Waals surface area contributed by atoms with E-state index in [1.165, 1.54) is 18.4 Å². The second kappa shape index (κ2) is 6.06. The molecule has 0 saturated carbocycles. The van der Waals surface area contributed by atoms with Crippen LogP contribution in [0.5, 0.6) is 5.75 Å². The van der Waals surface area contributed by atoms with E-state index >= 15 is 0 Å². The molecule has 0 N–H and O–H groups in total. The highest BCUT2D eigenvalue weighted by Crippen LogP contribution is 2.28. The summed E-state index contributed by atoms with van der Waals surface area (Å²) in [6, 6.07) is 8.46. The normalized spacial score (nSPS) is 12.6. The molecule has 0 aromatic heterocycles. The third kappa shape index (κ3) is 4.04. The molecule has 0 aliphatic rings. The van der Waals surface area contributed by atoms with Crippen LogP contribution in [0.4, 0.5) is 0 Å². The minimum absolute atomic E-state index is 0.930. The lowest BCUT2D eigenvalue weighted by Gasteiger charge is -2.22. The Morgan fingerprint density at radius 3 is 2.18 bits per heavy atom. The zero-order valence-electron chi connectivity index (χ0n) is 11.7. The Balaban J connectivity index is 3.05. The average Bonchev–Trinajstić information content (AvgIpc) is 2.29. The third-order valence-electron chi connectivity index (χ3n) is 2.85. The molecule has 0 spiro atoms. The van der Waals surface area contributed by atoms with Gasteiger partial charge in [0.05, 0.1) is 15.2 Å². The molecule has 0 aliphatic heterocycles. The van der Waals surface area contributed by atoms with E-state index in [-0.39, 0.29) is 0 Å². The maximum absolute atomic E-state index is 5.21. The molecule has 0 amide bonds. The first-order valence-corrected chi connectivity index (χ1v) is 9.84. The van der Waals surface area contributed by atoms with Gasteiger partial charge in [0.2, 0.25) is 0 Å². The number of allylic oxidation sites excluding steroid dienone is 1. The van der Waals surface area contributed by atoms with E-state index in [1.807, 2.05) is 0 Å². The van der Waals surface area contributed by atoms with E-state index < -0.39 is 8.07 Å². The lowest BCUT2D eigenvalue weighted by Crippen LogP contribution is -2.22. The SMILES string of the molecule is CCC/C=C(/c1ccc(OC)cc1)[Si](C)(C)C. The molecule has 1 rings (SSSR count). The molecule has 1 nitrogen and oxygen atoms in total. The van der Waals surface area contributed by atoms with Crippen LogP contribution in [0, 0.1) is 0 Å². The molecule has 0 aliphatic carbocycles. The lowest BCUT2D eigenvalue weighted by molar-refractivity contribution is 0.415. The molecular formula is C15H24OSi. The van der Waals surface area contributed by atoms with Crippen LogP contribution in [-0.2, 0) is 0 Å². The first-order chi connectivity index (χ1) is 7.99. The van der Waals surface area contributed by atoms with Crippen LogP contribution in [0.2, 0.25) is 19.6 Å². The van der Waals surface area contributed by atoms with Crippen molar-refractivity contribution in [3.05, 3.63) is 35.9 Å². The quantitative estimate of drug-likeness (QED) is 0.683. The number of benzene rings is 1. The van der Waals surface area contributed by atoms with Gasteiger partial charge in [-0.25, -0.2) is 0 Å². The van der Waals surface area contributed by atoms with E-state index in [4.69, 9.17) is 4.74 Å². The zero-order valence-corrected chi connectivity index (χ0v) is 12.7. The van der Waals surface area contributed by atoms with Crippen LogP contribution >= 0.6 is 0 Å². The molecule has 17 heavy (non-hydrogen) atoms. The molecule has 1 aromatic rings. The number of hydrogen-bond acceptors (Lipinski definition) is 1. The van der Waals surface area contributed by atoms with Crippen molar-refractivity contribution in [2.24, 2.45) is 0 Å². The zero-order chi connectivity index (χ0) is 12.9. The van der Waals surface area contributed by atoms with Gasteiger partial charge >= 0.3 is 0 Å². The smallest absolute Gasteiger partial charge is 0.118 e. The van der Waals surface area contributed by atoms with E-state index in [0.29, 0.717) is 0 Å². The summed E-state index contributed by atoms with van der Waals surface area (Å²) < 4.78 is 5.21. The fraction of sp³-hybridized carbons (Fsp3) is 0.467. The molecule has 0 bridgehead atoms. The summed E-state index contributed by atoms with van der Waals surface area (Å²) in [5.41, 5.74) is 1.36. The fourth-order valence-corrected chi connectivity index (χ4v) is 3.71. The Labute approximate surface area is 107 Å². The molecular weight excluding hydrogens is 224 g/mol. The highest BCUT2D eigenvalue weighted by atomic mass is 28.3. The van der Waals surface area contributed by atoms with Gasteiger partial charge in [-0.3, -0.25) is 0 Å². The average molecular weight is 248 g/mol. The highest BCUT2D eigenvalue weighted by molar-refractivity contribution is 6.93. The van der Waals surface area contributed by atoms with Gasteiger partial charge in [-0.15, -0.1) is 0 Å². The lowest BCUT2D eigenvalue weighted by atomic mass is 10.2. The summed E-state index contributed by atoms with van der Waals surface area (Å²) in [6.45, 7) is 9.43. The van der Waals surface area contributed by atoms with Gasteiger partial charge in [0.15, 0.2) is 0 Å². The van der Waals surface area contributed by atoms with Gasteiger partial charge in [0.1, 0.15) is 5.75 Å². The number of rotatable bonds is 5. The van der Waals surface area contributed by atoms with Crippen LogP contribution in [0.3, 0.4) is 0 Å². The number of ether oxygens (including phenoxy) is 1. The summed E-state index contributed by atoms with van der Waals surface area (Å²) in [7, 11) is 0.438. The van der Waals surface area contributed by atoms with Crippen molar-refractivity contribution in [2.45, 2.75) is 39.4 Å². The van der Waals surface area contributed by atoms with Crippen LogP contribution in [0.1, 0.15) is 25.3 Å². The van der Waals surface area contributed by atoms with Gasteiger partial charge in [0.25, 0.3) is 0 Å². The Bertz CT molecular complexity index is 371. The van der Waals surface area contributed by atoms with Crippen molar-refractivity contribution in [1.29, 1.82) is 0 Å². The van der Waals surface area contributed by atoms with Crippen LogP contribution in [0.15, 0.2) is 30.3 Å². The highest BCUT2D eigenvalue weighted by Gasteiger charge is 2.20. The standard InChI is InChI=1S/C15H24OSi/c1-6-7-8-15(17(3,4)5)13-9-11-14(16-2)12-10-13/h8-12H,6-7H2,1-5H3/b15-8-. The minimum Gasteiger partial charge on any atom is -0.497 e. The van der Waals surface area contributed by atoms with Crippen LogP contribution in [0.25, 0.3) is 5.20 Å². The molecule has 2 heteroatoms. The first kappa shape index (κ1) is 14.0. The van der Waals surface area contributed by atoms with Crippen molar-refractivity contribution in [3.63, 3.8) is 0 Å². The summed E-state index contributed by atoms with van der Waals surface area (Å²) in [5.74, 6) is 0.930. The molecule has 0 radical (unpaired) electrons. The second-order valence-electron chi connectivity index (χ2n) is 5.38. The number of hydrogen-bond donors (Lipinski definition) is 0. The summed E-state index contributed by atoms with van der Waals surface area (Å²) in [5, 5.41) is 1.56. The van der Waals surface area contributed by atoms with Gasteiger partial charge in [-0.2, -0.15) is 0 Å². The summed E-state index contributed by atoms with van der Waals surface area (Å²) in [4.78, 5) is 0. The summed E-state index contributed by atoms with van der Waals surface area (Å²) >= 11 is 0. The van der Waals surface area contributed by atoms with Crippen LogP contribution < -0.4 is 4.74 Å². The monoisotopic (exact) mass is 248 g/mol. The fourth-order valence-electron chi connectivity index (χ4n) is 1.92. The van der Waals surface area contributed by atoms with Crippen molar-refractivity contribution in [2.75, 3.05) is 7.11 Å². The van der Waals surface area contributed by atoms with Crippen molar-refractivity contribution < 1.29 is 4.74 Å². The van der Waals surface area contributed by atoms with Crippen LogP contribution in [-0.4, -0.2) is 15.2 Å². The third-order valence-corrected chi connectivity index (χ3v) is 4.95. The molecule has 1 aromatic carbocycles. The van der Waals surface area contributed by atoms with Gasteiger partial charge < -0.3 is 4.74 Å². The van der Waals surface area contributed by atoms with E-state index in [2.05, 4.69) is 56.9 Å². The van der Waals surface area contributed by atoms with Gasteiger partial charge in [-0.1, -0.05) is 56.4 Å². The number of methoxy groups -OCH3 is 1. The van der Waals surface area contributed by atoms with Crippen molar-refractivity contribution in [1.82, 2.24) is 0 Å². The summed E-state index contributed by atoms with van der Waals surface area (Å²) in [6.07, 6.45) is 4.81. The largest absolute Gasteiger partial charge is 0.497 e. The van der Waals surface area contributed by atoms with E-state index in [0.717, 1.165) is 5.75 Å². The maximum atomic E-state index is 5.21. The molecule has 0 unspecified atom stereocenters. The van der Waals surface area contributed by atoms with E-state index in [9.17, 15) is 0 Å².